The summed E-state index contributed by atoms with van der Waals surface area (Å²) in [6, 6.07) is 19.5. The zero-order valence-corrected chi connectivity index (χ0v) is 20.7. The Bertz CT molecular complexity index is 1980. The number of fused-ring (bicyclic) bond motifs is 2. The summed E-state index contributed by atoms with van der Waals surface area (Å²) in [5, 5.41) is 8.28. The second kappa shape index (κ2) is 9.07. The average molecular weight is 507 g/mol. The van der Waals surface area contributed by atoms with Gasteiger partial charge in [-0.15, -0.1) is 10.2 Å². The highest BCUT2D eigenvalue weighted by Crippen LogP contribution is 2.29. The van der Waals surface area contributed by atoms with E-state index in [1.165, 1.54) is 0 Å². The Balaban J connectivity index is 1.57. The van der Waals surface area contributed by atoms with Gasteiger partial charge in [0.1, 0.15) is 0 Å². The number of aryl methyl sites for hydroxylation is 1. The van der Waals surface area contributed by atoms with E-state index in [-0.39, 0.29) is 23.3 Å². The van der Waals surface area contributed by atoms with Crippen molar-refractivity contribution in [2.75, 3.05) is 0 Å². The summed E-state index contributed by atoms with van der Waals surface area (Å²) in [5.41, 5.74) is 1.79. The predicted molar refractivity (Wildman–Crippen MR) is 141 cm³/mol. The number of nitrogens with zero attached hydrogens (tertiary/aromatic N) is 6. The number of imidazole rings is 1. The highest BCUT2D eigenvalue weighted by atomic mass is 16.4. The zero-order chi connectivity index (χ0) is 26.4. The Hall–Kier alpha value is -5.12. The number of carbonyl (C=O) groups excluding carboxylic acids is 1. The molecule has 0 bridgehead atoms. The third kappa shape index (κ3) is 3.65. The summed E-state index contributed by atoms with van der Waals surface area (Å²) in [7, 11) is 0. The van der Waals surface area contributed by atoms with Gasteiger partial charge in [-0.25, -0.2) is 14.3 Å². The summed E-state index contributed by atoms with van der Waals surface area (Å²) in [5.74, 6) is 0.240. The molecule has 0 N–H and O–H groups in total. The van der Waals surface area contributed by atoms with Crippen molar-refractivity contribution in [3.63, 3.8) is 0 Å². The number of para-hydroxylation sites is 1. The van der Waals surface area contributed by atoms with E-state index in [9.17, 15) is 14.4 Å². The lowest BCUT2D eigenvalue weighted by Crippen LogP contribution is -2.43. The van der Waals surface area contributed by atoms with Crippen LogP contribution < -0.4 is 11.2 Å². The normalized spacial score (nSPS) is 11.4. The Morgan fingerprint density at radius 1 is 0.921 bits per heavy atom. The van der Waals surface area contributed by atoms with Crippen molar-refractivity contribution in [1.82, 2.24) is 28.7 Å². The molecule has 0 radical (unpaired) electrons. The summed E-state index contributed by atoms with van der Waals surface area (Å²) in [6.45, 7) is 3.78. The van der Waals surface area contributed by atoms with Crippen LogP contribution in [0.4, 0.5) is 0 Å². The fourth-order valence-corrected chi connectivity index (χ4v) is 4.64. The number of aromatic nitrogens is 6. The summed E-state index contributed by atoms with van der Waals surface area (Å²) in [4.78, 5) is 45.2. The second-order valence-electron chi connectivity index (χ2n) is 8.84. The van der Waals surface area contributed by atoms with Crippen molar-refractivity contribution in [1.29, 1.82) is 0 Å². The molecular weight excluding hydrogens is 484 g/mol. The Kier molecular flexibility index (Phi) is 5.56. The van der Waals surface area contributed by atoms with Crippen LogP contribution in [-0.4, -0.2) is 34.6 Å². The molecule has 4 aromatic heterocycles. The third-order valence-electron chi connectivity index (χ3n) is 6.34. The van der Waals surface area contributed by atoms with Crippen LogP contribution >= 0.6 is 0 Å². The molecule has 38 heavy (non-hydrogen) atoms. The Labute approximate surface area is 215 Å². The Morgan fingerprint density at radius 3 is 2.47 bits per heavy atom. The van der Waals surface area contributed by atoms with Gasteiger partial charge in [0.2, 0.25) is 17.6 Å². The van der Waals surface area contributed by atoms with Crippen molar-refractivity contribution >= 4 is 22.3 Å². The van der Waals surface area contributed by atoms with Crippen molar-refractivity contribution in [3.8, 4) is 22.7 Å². The molecule has 4 heterocycles. The molecule has 0 amide bonds. The van der Waals surface area contributed by atoms with Crippen molar-refractivity contribution in [2.24, 2.45) is 0 Å². The van der Waals surface area contributed by atoms with E-state index in [2.05, 4.69) is 10.2 Å². The maximum atomic E-state index is 14.0. The molecule has 188 valence electrons. The van der Waals surface area contributed by atoms with E-state index in [1.54, 1.807) is 47.9 Å². The first-order valence-electron chi connectivity index (χ1n) is 12.1. The molecule has 0 atom stereocenters. The molecule has 0 saturated carbocycles. The standard InChI is InChI=1S/C28H22N6O4/c1-3-14-33-26(35)20-11-4-5-12-21(20)34(28(33)37)27(36)24-29-23(22-13-6-7-15-32(22)24)18-9-8-10-19(16-18)25-31-30-17(2)38-25/h4-13,15-16H,3,14H2,1-2H3. The van der Waals surface area contributed by atoms with Crippen LogP contribution in [0, 0.1) is 6.92 Å². The molecule has 0 aliphatic heterocycles. The molecule has 0 aliphatic carbocycles. The lowest BCUT2D eigenvalue weighted by Gasteiger charge is -2.12. The predicted octanol–water partition coefficient (Wildman–Crippen LogP) is 3.93. The van der Waals surface area contributed by atoms with Crippen molar-refractivity contribution < 1.29 is 9.21 Å². The SMILES string of the molecule is CCCn1c(=O)c2ccccc2n(C(=O)c2nc(-c3cccc(-c4nnc(C)o4)c3)c3ccccn23)c1=O. The van der Waals surface area contributed by atoms with Gasteiger partial charge in [0.05, 0.1) is 22.1 Å². The van der Waals surface area contributed by atoms with Gasteiger partial charge in [0, 0.05) is 30.8 Å². The summed E-state index contributed by atoms with van der Waals surface area (Å²) in [6.07, 6.45) is 2.29. The van der Waals surface area contributed by atoms with Crippen molar-refractivity contribution in [2.45, 2.75) is 26.8 Å². The van der Waals surface area contributed by atoms with E-state index in [4.69, 9.17) is 9.40 Å². The van der Waals surface area contributed by atoms with Gasteiger partial charge in [0.25, 0.3) is 5.56 Å². The van der Waals surface area contributed by atoms with E-state index in [0.717, 1.165) is 14.7 Å². The van der Waals surface area contributed by atoms with Crippen LogP contribution in [0.2, 0.25) is 0 Å². The van der Waals surface area contributed by atoms with Gasteiger partial charge in [-0.3, -0.25) is 18.6 Å². The van der Waals surface area contributed by atoms with Crippen LogP contribution in [0.3, 0.4) is 0 Å². The lowest BCUT2D eigenvalue weighted by molar-refractivity contribution is 0.0947. The van der Waals surface area contributed by atoms with Crippen LogP contribution in [0.25, 0.3) is 39.1 Å². The number of rotatable bonds is 5. The van der Waals surface area contributed by atoms with E-state index < -0.39 is 17.2 Å². The number of benzene rings is 2. The molecule has 2 aromatic carbocycles. The smallest absolute Gasteiger partial charge is 0.338 e. The van der Waals surface area contributed by atoms with Crippen molar-refractivity contribution in [3.05, 3.63) is 105 Å². The zero-order valence-electron chi connectivity index (χ0n) is 20.7. The minimum Gasteiger partial charge on any atom is -0.421 e. The molecule has 6 aromatic rings. The fraction of sp³-hybridized carbons (Fsp3) is 0.143. The van der Waals surface area contributed by atoms with E-state index >= 15 is 0 Å². The first-order chi connectivity index (χ1) is 18.5. The number of pyridine rings is 1. The molecule has 10 nitrogen and oxygen atoms in total. The number of hydrogen-bond acceptors (Lipinski definition) is 7. The molecule has 0 unspecified atom stereocenters. The minimum absolute atomic E-state index is 0.0450. The molecule has 0 saturated heterocycles. The molecule has 0 aliphatic rings. The monoisotopic (exact) mass is 506 g/mol. The summed E-state index contributed by atoms with van der Waals surface area (Å²) < 4.78 is 9.37. The van der Waals surface area contributed by atoms with E-state index in [0.29, 0.717) is 35.0 Å². The second-order valence-corrected chi connectivity index (χ2v) is 8.84. The van der Waals surface area contributed by atoms with Crippen LogP contribution in [0.15, 0.2) is 86.9 Å². The summed E-state index contributed by atoms with van der Waals surface area (Å²) >= 11 is 0. The maximum absolute atomic E-state index is 14.0. The van der Waals surface area contributed by atoms with Crippen LogP contribution in [-0.2, 0) is 6.54 Å². The van der Waals surface area contributed by atoms with Gasteiger partial charge < -0.3 is 4.42 Å². The third-order valence-corrected chi connectivity index (χ3v) is 6.34. The van der Waals surface area contributed by atoms with Gasteiger partial charge in [0.15, 0.2) is 0 Å². The highest BCUT2D eigenvalue weighted by molar-refractivity contribution is 6.00. The van der Waals surface area contributed by atoms with Gasteiger partial charge in [-0.2, -0.15) is 0 Å². The molecule has 0 spiro atoms. The quantitative estimate of drug-likeness (QED) is 0.348. The lowest BCUT2D eigenvalue weighted by atomic mass is 10.1. The highest BCUT2D eigenvalue weighted by Gasteiger charge is 2.24. The van der Waals surface area contributed by atoms with Gasteiger partial charge in [-0.1, -0.05) is 37.3 Å². The number of carbonyl (C=O) groups is 1. The Morgan fingerprint density at radius 2 is 1.68 bits per heavy atom. The first-order valence-corrected chi connectivity index (χ1v) is 12.1. The van der Waals surface area contributed by atoms with Gasteiger partial charge >= 0.3 is 11.6 Å². The molecule has 10 heteroatoms. The van der Waals surface area contributed by atoms with Crippen LogP contribution in [0.5, 0.6) is 0 Å². The maximum Gasteiger partial charge on any atom is 0.338 e. The topological polar surface area (TPSA) is 117 Å². The van der Waals surface area contributed by atoms with E-state index in [1.807, 2.05) is 43.3 Å². The average Bonchev–Trinajstić information content (AvgIpc) is 3.55. The minimum atomic E-state index is -0.691. The molecular formula is C28H22N6O4. The fourth-order valence-electron chi connectivity index (χ4n) is 4.64. The number of hydrogen-bond donors (Lipinski definition) is 0. The first kappa shape index (κ1) is 23.3. The van der Waals surface area contributed by atoms with Gasteiger partial charge in [-0.05, 0) is 42.8 Å². The molecule has 6 rings (SSSR count). The largest absolute Gasteiger partial charge is 0.421 e. The molecule has 0 fully saturated rings. The van der Waals surface area contributed by atoms with Crippen LogP contribution in [0.1, 0.15) is 29.9 Å².